The van der Waals surface area contributed by atoms with Gasteiger partial charge >= 0.3 is 12.1 Å². The van der Waals surface area contributed by atoms with Crippen molar-refractivity contribution in [2.45, 2.75) is 44.1 Å². The summed E-state index contributed by atoms with van der Waals surface area (Å²) in [5.41, 5.74) is 0.360. The molecule has 4 amide bonds. The van der Waals surface area contributed by atoms with Crippen LogP contribution in [0.5, 0.6) is 0 Å². The quantitative estimate of drug-likeness (QED) is 0.560. The molecule has 0 radical (unpaired) electrons. The van der Waals surface area contributed by atoms with Gasteiger partial charge in [0.15, 0.2) is 23.2 Å². The summed E-state index contributed by atoms with van der Waals surface area (Å²) in [5, 5.41) is 5.10. The summed E-state index contributed by atoms with van der Waals surface area (Å²) >= 11 is 0. The van der Waals surface area contributed by atoms with Crippen LogP contribution in [0.4, 0.5) is 28.4 Å². The molecule has 0 bridgehead atoms. The number of hydrogen-bond acceptors (Lipinski definition) is 5. The Hall–Kier alpha value is -3.89. The number of anilines is 1. The minimum atomic E-state index is -1.58. The Labute approximate surface area is 216 Å². The van der Waals surface area contributed by atoms with Crippen molar-refractivity contribution in [1.82, 2.24) is 10.2 Å². The van der Waals surface area contributed by atoms with Crippen LogP contribution in [0.15, 0.2) is 30.3 Å². The highest BCUT2D eigenvalue weighted by atomic mass is 19.2. The standard InChI is InChI=1S/C27H26F3N3O5/c1-13-3-5-17(15-10-19(28)23(30)20(29)11-15)22(13)21(34)12-33-24(35)27(38-26(33)37)8-7-14-9-16(4-6-18(14)27)32-25(36)31-2/h4,6,9-11,13,17,22H,3,5,7-8,12H2,1-2H3,(H2,31,32,36)/t13-,17-,22?,27+/m0/s1. The van der Waals surface area contributed by atoms with Crippen LogP contribution in [-0.2, 0) is 26.3 Å². The van der Waals surface area contributed by atoms with Gasteiger partial charge in [-0.3, -0.25) is 9.59 Å². The summed E-state index contributed by atoms with van der Waals surface area (Å²) in [6.45, 7) is 1.28. The summed E-state index contributed by atoms with van der Waals surface area (Å²) < 4.78 is 46.9. The lowest BCUT2D eigenvalue weighted by Gasteiger charge is -2.24. The van der Waals surface area contributed by atoms with Crippen molar-refractivity contribution >= 4 is 29.5 Å². The van der Waals surface area contributed by atoms with Crippen molar-refractivity contribution in [2.24, 2.45) is 11.8 Å². The van der Waals surface area contributed by atoms with E-state index in [0.717, 1.165) is 22.6 Å². The molecule has 2 aromatic carbocycles. The maximum Gasteiger partial charge on any atom is 0.418 e. The number of imide groups is 1. The molecule has 2 aliphatic carbocycles. The highest BCUT2D eigenvalue weighted by Gasteiger charge is 2.58. The van der Waals surface area contributed by atoms with Gasteiger partial charge in [-0.05, 0) is 66.5 Å². The van der Waals surface area contributed by atoms with Crippen LogP contribution < -0.4 is 10.6 Å². The van der Waals surface area contributed by atoms with Gasteiger partial charge in [-0.15, -0.1) is 0 Å². The maximum absolute atomic E-state index is 13.9. The number of benzene rings is 2. The van der Waals surface area contributed by atoms with Crippen molar-refractivity contribution in [3.63, 3.8) is 0 Å². The summed E-state index contributed by atoms with van der Waals surface area (Å²) in [7, 11) is 1.48. The summed E-state index contributed by atoms with van der Waals surface area (Å²) in [4.78, 5) is 52.2. The fourth-order valence-corrected chi connectivity index (χ4v) is 6.09. The normalized spacial score (nSPS) is 26.0. The number of carbonyl (C=O) groups excluding carboxylic acids is 4. The second kappa shape index (κ2) is 9.45. The minimum absolute atomic E-state index is 0.168. The van der Waals surface area contributed by atoms with Gasteiger partial charge in [0.25, 0.3) is 5.91 Å². The number of amides is 4. The molecule has 5 rings (SSSR count). The highest BCUT2D eigenvalue weighted by Crippen LogP contribution is 2.48. The molecule has 2 fully saturated rings. The number of ketones is 1. The van der Waals surface area contributed by atoms with Crippen LogP contribution in [0.25, 0.3) is 0 Å². The lowest BCUT2D eigenvalue weighted by molar-refractivity contribution is -0.140. The number of rotatable bonds is 5. The van der Waals surface area contributed by atoms with Gasteiger partial charge in [0, 0.05) is 30.6 Å². The van der Waals surface area contributed by atoms with Gasteiger partial charge in [-0.25, -0.2) is 27.7 Å². The predicted octanol–water partition coefficient (Wildman–Crippen LogP) is 4.37. The Bertz CT molecular complexity index is 1340. The smallest absolute Gasteiger partial charge is 0.418 e. The number of nitrogens with zero attached hydrogens (tertiary/aromatic N) is 1. The topological polar surface area (TPSA) is 105 Å². The van der Waals surface area contributed by atoms with Crippen molar-refractivity contribution in [1.29, 1.82) is 0 Å². The number of halogens is 3. The third kappa shape index (κ3) is 4.10. The lowest BCUT2D eigenvalue weighted by Crippen LogP contribution is -2.42. The molecule has 1 spiro atoms. The first-order valence-corrected chi connectivity index (χ1v) is 12.4. The Morgan fingerprint density at radius 3 is 2.50 bits per heavy atom. The Morgan fingerprint density at radius 2 is 1.82 bits per heavy atom. The summed E-state index contributed by atoms with van der Waals surface area (Å²) in [6.07, 6.45) is 0.707. The molecule has 1 saturated carbocycles. The number of ether oxygens (including phenoxy) is 1. The Kier molecular flexibility index (Phi) is 6.40. The van der Waals surface area contributed by atoms with Crippen LogP contribution in [0.3, 0.4) is 0 Å². The Morgan fingerprint density at radius 1 is 1.11 bits per heavy atom. The number of hydrogen-bond donors (Lipinski definition) is 2. The molecule has 200 valence electrons. The number of fused-ring (bicyclic) bond motifs is 2. The van der Waals surface area contributed by atoms with Gasteiger partial charge in [-0.1, -0.05) is 13.0 Å². The third-order valence-corrected chi connectivity index (χ3v) is 7.94. The van der Waals surface area contributed by atoms with Crippen LogP contribution in [0.1, 0.15) is 48.8 Å². The molecule has 11 heteroatoms. The van der Waals surface area contributed by atoms with Crippen molar-refractivity contribution in [3.05, 3.63) is 64.5 Å². The molecule has 8 nitrogen and oxygen atoms in total. The number of aryl methyl sites for hydroxylation is 1. The van der Waals surface area contributed by atoms with E-state index in [4.69, 9.17) is 4.74 Å². The zero-order valence-electron chi connectivity index (χ0n) is 20.8. The van der Waals surface area contributed by atoms with Gasteiger partial charge < -0.3 is 15.4 Å². The first kappa shape index (κ1) is 25.7. The van der Waals surface area contributed by atoms with Crippen LogP contribution in [-0.4, -0.2) is 42.3 Å². The molecule has 0 aromatic heterocycles. The number of carbonyl (C=O) groups is 4. The molecule has 1 unspecified atom stereocenters. The van der Waals surface area contributed by atoms with Gasteiger partial charge in [0.2, 0.25) is 5.60 Å². The van der Waals surface area contributed by atoms with Crippen LogP contribution >= 0.6 is 0 Å². The maximum atomic E-state index is 13.9. The second-order valence-corrected chi connectivity index (χ2v) is 10.1. The molecule has 3 aliphatic rings. The zero-order chi connectivity index (χ0) is 27.4. The van der Waals surface area contributed by atoms with Crippen molar-refractivity contribution < 1.29 is 37.1 Å². The van der Waals surface area contributed by atoms with Gasteiger partial charge in [0.1, 0.15) is 0 Å². The van der Waals surface area contributed by atoms with E-state index >= 15 is 0 Å². The molecule has 2 N–H and O–H groups in total. The monoisotopic (exact) mass is 529 g/mol. The van der Waals surface area contributed by atoms with Crippen LogP contribution in [0.2, 0.25) is 0 Å². The SMILES string of the molecule is CNC(=O)Nc1ccc2c(c1)CC[C@@]21OC(=O)N(CC(=O)C2[C@@H](C)CC[C@H]2c2cc(F)c(F)c(F)c2)C1=O. The molecule has 38 heavy (non-hydrogen) atoms. The van der Waals surface area contributed by atoms with E-state index in [0.29, 0.717) is 30.5 Å². The van der Waals surface area contributed by atoms with E-state index in [2.05, 4.69) is 10.6 Å². The number of nitrogens with one attached hydrogen (secondary N) is 2. The van der Waals surface area contributed by atoms with Crippen LogP contribution in [0, 0.1) is 29.3 Å². The average Bonchev–Trinajstić information content (AvgIpc) is 3.52. The zero-order valence-corrected chi connectivity index (χ0v) is 20.8. The Balaban J connectivity index is 1.37. The number of Topliss-reactive ketones (excluding diaryl/α,β-unsaturated/α-hetero) is 1. The van der Waals surface area contributed by atoms with Gasteiger partial charge in [0.05, 0.1) is 6.54 Å². The second-order valence-electron chi connectivity index (χ2n) is 10.1. The lowest BCUT2D eigenvalue weighted by atomic mass is 9.82. The molecule has 1 aliphatic heterocycles. The molecular weight excluding hydrogens is 503 g/mol. The average molecular weight is 530 g/mol. The molecule has 4 atom stereocenters. The first-order valence-electron chi connectivity index (χ1n) is 12.4. The van der Waals surface area contributed by atoms with E-state index in [9.17, 15) is 32.3 Å². The van der Waals surface area contributed by atoms with Crippen molar-refractivity contribution in [3.8, 4) is 0 Å². The molecule has 1 saturated heterocycles. The number of urea groups is 1. The summed E-state index contributed by atoms with van der Waals surface area (Å²) in [6, 6.07) is 6.32. The fourth-order valence-electron chi connectivity index (χ4n) is 6.09. The fraction of sp³-hybridized carbons (Fsp3) is 0.407. The first-order chi connectivity index (χ1) is 18.1. The van der Waals surface area contributed by atoms with Gasteiger partial charge in [-0.2, -0.15) is 0 Å². The molecule has 1 heterocycles. The van der Waals surface area contributed by atoms with E-state index < -0.39 is 65.2 Å². The minimum Gasteiger partial charge on any atom is -0.427 e. The van der Waals surface area contributed by atoms with E-state index in [1.807, 2.05) is 6.92 Å². The van der Waals surface area contributed by atoms with E-state index in [1.165, 1.54) is 7.05 Å². The summed E-state index contributed by atoms with van der Waals surface area (Å²) in [5.74, 6) is -6.80. The third-order valence-electron chi connectivity index (χ3n) is 7.94. The largest absolute Gasteiger partial charge is 0.427 e. The molecule has 2 aromatic rings. The van der Waals surface area contributed by atoms with Crippen molar-refractivity contribution in [2.75, 3.05) is 18.9 Å². The van der Waals surface area contributed by atoms with E-state index in [-0.39, 0.29) is 17.9 Å². The predicted molar refractivity (Wildman–Crippen MR) is 129 cm³/mol. The van der Waals surface area contributed by atoms with E-state index in [1.54, 1.807) is 18.2 Å². The highest BCUT2D eigenvalue weighted by molar-refractivity contribution is 6.07. The molecular formula is C27H26F3N3O5.